The van der Waals surface area contributed by atoms with E-state index in [1.54, 1.807) is 17.3 Å². The summed E-state index contributed by atoms with van der Waals surface area (Å²) < 4.78 is 5.46. The summed E-state index contributed by atoms with van der Waals surface area (Å²) in [5.41, 5.74) is -0.722. The van der Waals surface area contributed by atoms with Gasteiger partial charge in [0.2, 0.25) is 0 Å². The zero-order valence-electron chi connectivity index (χ0n) is 12.2. The second-order valence-corrected chi connectivity index (χ2v) is 7.62. The maximum atomic E-state index is 12.1. The number of carboxylic acid groups (broad SMARTS) is 1. The van der Waals surface area contributed by atoms with Crippen LogP contribution in [0.15, 0.2) is 12.4 Å². The second-order valence-electron chi connectivity index (χ2n) is 7.62. The molecule has 3 fully saturated rings. The van der Waals surface area contributed by atoms with E-state index in [-0.39, 0.29) is 16.8 Å². The smallest absolute Gasteiger partial charge is 0.326 e. The molecule has 4 aliphatic rings. The molecule has 0 aromatic carbocycles. The van der Waals surface area contributed by atoms with Crippen LogP contribution in [0.25, 0.3) is 0 Å². The molecule has 0 amide bonds. The van der Waals surface area contributed by atoms with Gasteiger partial charge in [-0.25, -0.2) is 4.79 Å². The summed E-state index contributed by atoms with van der Waals surface area (Å²) in [4.78, 5) is 25.1. The molecule has 110 valence electrons. The minimum absolute atomic E-state index is 0.0459. The van der Waals surface area contributed by atoms with Crippen LogP contribution < -0.4 is 0 Å². The molecule has 3 saturated carbocycles. The van der Waals surface area contributed by atoms with Crippen LogP contribution >= 0.6 is 0 Å². The van der Waals surface area contributed by atoms with Crippen LogP contribution in [0.5, 0.6) is 0 Å². The van der Waals surface area contributed by atoms with E-state index < -0.39 is 17.6 Å². The third kappa shape index (κ3) is 2.09. The molecule has 5 heteroatoms. The van der Waals surface area contributed by atoms with E-state index in [4.69, 9.17) is 4.74 Å². The van der Waals surface area contributed by atoms with E-state index in [0.29, 0.717) is 6.42 Å². The van der Waals surface area contributed by atoms with Crippen LogP contribution in [-0.2, 0) is 14.3 Å². The van der Waals surface area contributed by atoms with Crippen molar-refractivity contribution in [3.8, 4) is 0 Å². The largest absolute Gasteiger partial charge is 0.480 e. The van der Waals surface area contributed by atoms with E-state index in [0.717, 1.165) is 19.3 Å². The first kappa shape index (κ1) is 13.5. The highest BCUT2D eigenvalue weighted by Crippen LogP contribution is 2.75. The topological polar surface area (TPSA) is 66.6 Å². The minimum Gasteiger partial charge on any atom is -0.480 e. The molecule has 3 aliphatic carbocycles. The van der Waals surface area contributed by atoms with Crippen molar-refractivity contribution in [2.45, 2.75) is 58.1 Å². The van der Waals surface area contributed by atoms with Crippen molar-refractivity contribution < 1.29 is 19.4 Å². The number of esters is 1. The standard InChI is InChI=1S/C15H21NO4/c1-13(2,3)20-12(19)15-7-14(8-15,9-15)6-10(11(17)18)16-4-5-16/h4-5,10H,6-9H2,1-3H3,(H,17,18)/t10-,14?,15?/m0/s1. The summed E-state index contributed by atoms with van der Waals surface area (Å²) in [7, 11) is 0. The lowest BCUT2D eigenvalue weighted by atomic mass is 9.34. The summed E-state index contributed by atoms with van der Waals surface area (Å²) >= 11 is 0. The monoisotopic (exact) mass is 279 g/mol. The third-order valence-electron chi connectivity index (χ3n) is 4.56. The van der Waals surface area contributed by atoms with Crippen molar-refractivity contribution in [1.29, 1.82) is 0 Å². The van der Waals surface area contributed by atoms with E-state index in [1.807, 2.05) is 20.8 Å². The Bertz CT molecular complexity index is 477. The number of nitrogens with zero attached hydrogens (tertiary/aromatic N) is 1. The highest BCUT2D eigenvalue weighted by molar-refractivity contribution is 5.82. The lowest BCUT2D eigenvalue weighted by Gasteiger charge is -2.69. The number of aliphatic carboxylic acids is 1. The van der Waals surface area contributed by atoms with Crippen LogP contribution in [0.1, 0.15) is 46.5 Å². The maximum absolute atomic E-state index is 12.1. The van der Waals surface area contributed by atoms with Gasteiger partial charge in [-0.1, -0.05) is 0 Å². The third-order valence-corrected chi connectivity index (χ3v) is 4.56. The van der Waals surface area contributed by atoms with Gasteiger partial charge in [-0.3, -0.25) is 4.79 Å². The highest BCUT2D eigenvalue weighted by Gasteiger charge is 2.72. The number of rotatable bonds is 5. The van der Waals surface area contributed by atoms with Crippen molar-refractivity contribution in [3.63, 3.8) is 0 Å². The first-order valence-corrected chi connectivity index (χ1v) is 7.07. The van der Waals surface area contributed by atoms with Crippen LogP contribution in [0.4, 0.5) is 0 Å². The second kappa shape index (κ2) is 3.77. The van der Waals surface area contributed by atoms with Gasteiger partial charge >= 0.3 is 11.9 Å². The van der Waals surface area contributed by atoms with Gasteiger partial charge in [0.15, 0.2) is 0 Å². The molecule has 20 heavy (non-hydrogen) atoms. The summed E-state index contributed by atoms with van der Waals surface area (Å²) in [5.74, 6) is -0.894. The molecule has 0 saturated heterocycles. The van der Waals surface area contributed by atoms with Gasteiger partial charge in [0, 0.05) is 12.4 Å². The lowest BCUT2D eigenvalue weighted by molar-refractivity contribution is -0.240. The predicted molar refractivity (Wildman–Crippen MR) is 71.6 cm³/mol. The van der Waals surface area contributed by atoms with Crippen LogP contribution in [-0.4, -0.2) is 33.6 Å². The van der Waals surface area contributed by atoms with Crippen LogP contribution in [0.3, 0.4) is 0 Å². The Morgan fingerprint density at radius 3 is 2.25 bits per heavy atom. The molecule has 4 rings (SSSR count). The Morgan fingerprint density at radius 1 is 1.30 bits per heavy atom. The van der Waals surface area contributed by atoms with Gasteiger partial charge in [0.1, 0.15) is 11.6 Å². The van der Waals surface area contributed by atoms with Crippen molar-refractivity contribution in [3.05, 3.63) is 12.4 Å². The maximum Gasteiger partial charge on any atom is 0.326 e. The molecule has 2 bridgehead atoms. The van der Waals surface area contributed by atoms with Crippen molar-refractivity contribution in [2.75, 3.05) is 0 Å². The molecule has 0 radical (unpaired) electrons. The van der Waals surface area contributed by atoms with Gasteiger partial charge in [-0.2, -0.15) is 0 Å². The molecule has 0 unspecified atom stereocenters. The molecule has 1 N–H and O–H groups in total. The van der Waals surface area contributed by atoms with Gasteiger partial charge in [-0.15, -0.1) is 0 Å². The summed E-state index contributed by atoms with van der Waals surface area (Å²) in [6.45, 7) is 5.62. The Morgan fingerprint density at radius 2 is 1.85 bits per heavy atom. The predicted octanol–water partition coefficient (Wildman–Crippen LogP) is 2.13. The first-order chi connectivity index (χ1) is 9.15. The van der Waals surface area contributed by atoms with E-state index >= 15 is 0 Å². The Hall–Kier alpha value is -1.52. The molecule has 0 spiro atoms. The van der Waals surface area contributed by atoms with Crippen molar-refractivity contribution in [2.24, 2.45) is 10.8 Å². The summed E-state index contributed by atoms with van der Waals surface area (Å²) in [6, 6.07) is -0.466. The number of hydrogen-bond acceptors (Lipinski definition) is 4. The quantitative estimate of drug-likeness (QED) is 0.781. The van der Waals surface area contributed by atoms with Gasteiger partial charge in [0.25, 0.3) is 0 Å². The molecule has 0 aromatic rings. The molecular weight excluding hydrogens is 258 g/mol. The summed E-state index contributed by atoms with van der Waals surface area (Å²) in [6.07, 6.45) is 6.55. The summed E-state index contributed by atoms with van der Waals surface area (Å²) in [5, 5.41) is 9.24. The van der Waals surface area contributed by atoms with Crippen molar-refractivity contribution >= 4 is 11.9 Å². The number of hydrogen-bond donors (Lipinski definition) is 1. The molecule has 1 atom stereocenters. The number of carbonyl (C=O) groups excluding carboxylic acids is 1. The lowest BCUT2D eigenvalue weighted by Crippen LogP contribution is -2.67. The molecule has 0 aromatic heterocycles. The number of carboxylic acids is 1. The van der Waals surface area contributed by atoms with Gasteiger partial charge in [-0.05, 0) is 51.9 Å². The fourth-order valence-corrected chi connectivity index (χ4v) is 3.79. The van der Waals surface area contributed by atoms with Gasteiger partial charge < -0.3 is 14.7 Å². The normalized spacial score (nSPS) is 34.9. The fourth-order valence-electron chi connectivity index (χ4n) is 3.79. The Labute approximate surface area is 118 Å². The first-order valence-electron chi connectivity index (χ1n) is 7.07. The minimum atomic E-state index is -0.786. The zero-order valence-corrected chi connectivity index (χ0v) is 12.2. The molecule has 5 nitrogen and oxygen atoms in total. The van der Waals surface area contributed by atoms with E-state index in [9.17, 15) is 14.7 Å². The van der Waals surface area contributed by atoms with Crippen LogP contribution in [0.2, 0.25) is 0 Å². The van der Waals surface area contributed by atoms with E-state index in [2.05, 4.69) is 0 Å². The Balaban J connectivity index is 1.55. The SMILES string of the molecule is CC(C)(C)OC(=O)C12CC(C[C@@H](C(=O)O)N3C=C3)(C1)C2. The number of carbonyl (C=O) groups is 2. The Kier molecular flexibility index (Phi) is 2.54. The zero-order chi connectivity index (χ0) is 14.8. The van der Waals surface area contributed by atoms with Gasteiger partial charge in [0.05, 0.1) is 5.41 Å². The van der Waals surface area contributed by atoms with Crippen molar-refractivity contribution in [1.82, 2.24) is 4.90 Å². The molecule has 1 aliphatic heterocycles. The van der Waals surface area contributed by atoms with Crippen LogP contribution in [0, 0.1) is 10.8 Å². The fraction of sp³-hybridized carbons (Fsp3) is 0.733. The highest BCUT2D eigenvalue weighted by atomic mass is 16.6. The average Bonchev–Trinajstić information content (AvgIpc) is 2.93. The van der Waals surface area contributed by atoms with E-state index in [1.165, 1.54) is 0 Å². The average molecular weight is 279 g/mol. The molecular formula is C15H21NO4. The number of ether oxygens (including phenoxy) is 1. The molecule has 1 heterocycles.